The van der Waals surface area contributed by atoms with E-state index in [2.05, 4.69) is 15.0 Å². The number of ether oxygens (including phenoxy) is 1. The number of hydrogen-bond acceptors (Lipinski definition) is 6. The van der Waals surface area contributed by atoms with Crippen molar-refractivity contribution in [1.29, 1.82) is 0 Å². The molecule has 0 aliphatic carbocycles. The summed E-state index contributed by atoms with van der Waals surface area (Å²) in [6, 6.07) is 7.69. The van der Waals surface area contributed by atoms with Crippen molar-refractivity contribution in [1.82, 2.24) is 15.0 Å². The van der Waals surface area contributed by atoms with Gasteiger partial charge in [-0.3, -0.25) is 4.90 Å². The maximum absolute atomic E-state index is 9.53. The zero-order valence-electron chi connectivity index (χ0n) is 12.7. The molecule has 1 aromatic heterocycles. The van der Waals surface area contributed by atoms with Crippen LogP contribution in [0.5, 0.6) is 5.75 Å². The zero-order chi connectivity index (χ0) is 15.4. The van der Waals surface area contributed by atoms with Crippen LogP contribution in [0.1, 0.15) is 25.7 Å². The Balaban J connectivity index is 1.71. The van der Waals surface area contributed by atoms with Gasteiger partial charge in [-0.1, -0.05) is 17.3 Å². The third-order valence-electron chi connectivity index (χ3n) is 3.81. The van der Waals surface area contributed by atoms with Crippen LogP contribution in [0.3, 0.4) is 0 Å². The van der Waals surface area contributed by atoms with Crippen molar-refractivity contribution in [3.05, 3.63) is 30.2 Å². The summed E-state index contributed by atoms with van der Waals surface area (Å²) in [6.07, 6.45) is 1.43. The van der Waals surface area contributed by atoms with Crippen molar-refractivity contribution < 1.29 is 14.4 Å². The highest BCUT2D eigenvalue weighted by atomic mass is 16.5. The molecule has 1 aliphatic heterocycles. The first-order valence-electron chi connectivity index (χ1n) is 7.71. The number of aliphatic hydroxyl groups excluding tert-OH is 1. The molecule has 118 valence electrons. The number of hydrogen-bond donors (Lipinski definition) is 1. The first kappa shape index (κ1) is 15.0. The first-order chi connectivity index (χ1) is 10.8. The van der Waals surface area contributed by atoms with Crippen LogP contribution in [-0.2, 0) is 6.54 Å². The summed E-state index contributed by atoms with van der Waals surface area (Å²) in [5.41, 5.74) is 0.841. The largest absolute Gasteiger partial charge is 0.493 e. The van der Waals surface area contributed by atoms with E-state index in [-0.39, 0.29) is 6.10 Å². The van der Waals surface area contributed by atoms with Crippen LogP contribution in [0.4, 0.5) is 0 Å². The second-order valence-corrected chi connectivity index (χ2v) is 5.45. The molecule has 6 nitrogen and oxygen atoms in total. The van der Waals surface area contributed by atoms with Crippen molar-refractivity contribution >= 4 is 0 Å². The Labute approximate surface area is 129 Å². The molecule has 22 heavy (non-hydrogen) atoms. The zero-order valence-corrected chi connectivity index (χ0v) is 12.7. The van der Waals surface area contributed by atoms with E-state index in [0.717, 1.165) is 37.2 Å². The molecule has 1 aliphatic rings. The van der Waals surface area contributed by atoms with Gasteiger partial charge in [-0.2, -0.15) is 4.98 Å². The van der Waals surface area contributed by atoms with E-state index in [1.807, 2.05) is 31.2 Å². The Kier molecular flexibility index (Phi) is 4.70. The molecule has 0 radical (unpaired) electrons. The van der Waals surface area contributed by atoms with Crippen LogP contribution < -0.4 is 4.74 Å². The van der Waals surface area contributed by atoms with Gasteiger partial charge in [0.05, 0.1) is 24.8 Å². The van der Waals surface area contributed by atoms with E-state index in [9.17, 15) is 5.11 Å². The minimum Gasteiger partial charge on any atom is -0.493 e. The highest BCUT2D eigenvalue weighted by Crippen LogP contribution is 2.27. The lowest BCUT2D eigenvalue weighted by Gasteiger charge is -2.27. The summed E-state index contributed by atoms with van der Waals surface area (Å²) in [7, 11) is 0. The normalized spacial score (nSPS) is 16.8. The number of rotatable bonds is 5. The maximum atomic E-state index is 9.53. The molecule has 3 rings (SSSR count). The Morgan fingerprint density at radius 3 is 2.86 bits per heavy atom. The predicted molar refractivity (Wildman–Crippen MR) is 81.4 cm³/mol. The molecule has 6 heteroatoms. The highest BCUT2D eigenvalue weighted by molar-refractivity contribution is 5.63. The quantitative estimate of drug-likeness (QED) is 0.912. The fraction of sp³-hybridized carbons (Fsp3) is 0.500. The molecular weight excluding hydrogens is 282 g/mol. The average Bonchev–Trinajstić information content (AvgIpc) is 2.99. The van der Waals surface area contributed by atoms with Gasteiger partial charge in [-0.15, -0.1) is 0 Å². The molecule has 1 fully saturated rings. The molecule has 1 aromatic carbocycles. The number of aromatic nitrogens is 2. The van der Waals surface area contributed by atoms with Crippen molar-refractivity contribution in [2.45, 2.75) is 32.4 Å². The molecule has 0 bridgehead atoms. The molecule has 2 heterocycles. The van der Waals surface area contributed by atoms with Crippen molar-refractivity contribution in [3.8, 4) is 17.1 Å². The minimum absolute atomic E-state index is 0.174. The first-order valence-corrected chi connectivity index (χ1v) is 7.71. The lowest BCUT2D eigenvalue weighted by molar-refractivity contribution is 0.0740. The fourth-order valence-electron chi connectivity index (χ4n) is 2.63. The molecule has 0 spiro atoms. The van der Waals surface area contributed by atoms with Crippen molar-refractivity contribution in [2.24, 2.45) is 0 Å². The second-order valence-electron chi connectivity index (χ2n) is 5.45. The number of aliphatic hydroxyl groups is 1. The summed E-state index contributed by atoms with van der Waals surface area (Å²) >= 11 is 0. The SMILES string of the molecule is CCOc1ccccc1-c1noc(CN2CCC(O)CC2)n1. The minimum atomic E-state index is -0.174. The highest BCUT2D eigenvalue weighted by Gasteiger charge is 2.20. The van der Waals surface area contributed by atoms with Gasteiger partial charge in [-0.05, 0) is 31.9 Å². The molecule has 2 aromatic rings. The molecule has 0 saturated carbocycles. The number of benzene rings is 1. The van der Waals surface area contributed by atoms with Gasteiger partial charge in [0.15, 0.2) is 0 Å². The summed E-state index contributed by atoms with van der Waals surface area (Å²) < 4.78 is 11.0. The van der Waals surface area contributed by atoms with Crippen LogP contribution in [0.2, 0.25) is 0 Å². The lowest BCUT2D eigenvalue weighted by Crippen LogP contribution is -2.35. The molecular formula is C16H21N3O3. The summed E-state index contributed by atoms with van der Waals surface area (Å²) in [4.78, 5) is 6.70. The van der Waals surface area contributed by atoms with E-state index >= 15 is 0 Å². The number of piperidine rings is 1. The third-order valence-corrected chi connectivity index (χ3v) is 3.81. The monoisotopic (exact) mass is 303 g/mol. The lowest BCUT2D eigenvalue weighted by atomic mass is 10.1. The molecule has 0 unspecified atom stereocenters. The van der Waals surface area contributed by atoms with Crippen LogP contribution in [0.25, 0.3) is 11.4 Å². The number of para-hydroxylation sites is 1. The van der Waals surface area contributed by atoms with Gasteiger partial charge < -0.3 is 14.4 Å². The topological polar surface area (TPSA) is 71.6 Å². The van der Waals surface area contributed by atoms with Crippen molar-refractivity contribution in [2.75, 3.05) is 19.7 Å². The Morgan fingerprint density at radius 1 is 1.32 bits per heavy atom. The number of nitrogens with zero attached hydrogens (tertiary/aromatic N) is 3. The van der Waals surface area contributed by atoms with E-state index in [0.29, 0.717) is 24.9 Å². The maximum Gasteiger partial charge on any atom is 0.241 e. The van der Waals surface area contributed by atoms with Gasteiger partial charge in [0.25, 0.3) is 0 Å². The standard InChI is InChI=1S/C16H21N3O3/c1-2-21-14-6-4-3-5-13(14)16-17-15(22-18-16)11-19-9-7-12(20)8-10-19/h3-6,12,20H,2,7-11H2,1H3. The Bertz CT molecular complexity index is 606. The van der Waals surface area contributed by atoms with E-state index < -0.39 is 0 Å². The summed E-state index contributed by atoms with van der Waals surface area (Å²) in [5, 5.41) is 13.6. The molecule has 0 amide bonds. The van der Waals surface area contributed by atoms with Gasteiger partial charge >= 0.3 is 0 Å². The second kappa shape index (κ2) is 6.89. The van der Waals surface area contributed by atoms with Gasteiger partial charge in [0.2, 0.25) is 11.7 Å². The average molecular weight is 303 g/mol. The Hall–Kier alpha value is -1.92. The number of likely N-dealkylation sites (tertiary alicyclic amines) is 1. The van der Waals surface area contributed by atoms with E-state index in [1.165, 1.54) is 0 Å². The van der Waals surface area contributed by atoms with E-state index in [1.54, 1.807) is 0 Å². The summed E-state index contributed by atoms with van der Waals surface area (Å²) in [5.74, 6) is 1.91. The molecule has 1 saturated heterocycles. The van der Waals surface area contributed by atoms with Gasteiger partial charge in [-0.25, -0.2) is 0 Å². The van der Waals surface area contributed by atoms with E-state index in [4.69, 9.17) is 9.26 Å². The van der Waals surface area contributed by atoms with Crippen LogP contribution >= 0.6 is 0 Å². The fourth-order valence-corrected chi connectivity index (χ4v) is 2.63. The molecule has 1 N–H and O–H groups in total. The molecule has 0 atom stereocenters. The summed E-state index contributed by atoms with van der Waals surface area (Å²) in [6.45, 7) is 4.88. The van der Waals surface area contributed by atoms with Crippen LogP contribution in [0, 0.1) is 0 Å². The van der Waals surface area contributed by atoms with Crippen LogP contribution in [-0.4, -0.2) is 45.9 Å². The Morgan fingerprint density at radius 2 is 2.09 bits per heavy atom. The van der Waals surface area contributed by atoms with Crippen LogP contribution in [0.15, 0.2) is 28.8 Å². The third kappa shape index (κ3) is 3.45. The van der Waals surface area contributed by atoms with Crippen molar-refractivity contribution in [3.63, 3.8) is 0 Å². The van der Waals surface area contributed by atoms with Gasteiger partial charge in [0.1, 0.15) is 5.75 Å². The van der Waals surface area contributed by atoms with Gasteiger partial charge in [0, 0.05) is 13.1 Å². The smallest absolute Gasteiger partial charge is 0.241 e. The predicted octanol–water partition coefficient (Wildman–Crippen LogP) is 2.09.